The first-order valence-corrected chi connectivity index (χ1v) is 4.21. The molecule has 0 amide bonds. The summed E-state index contributed by atoms with van der Waals surface area (Å²) in [6, 6.07) is 1.78. The molecule has 0 aliphatic rings. The number of hydrogen-bond acceptors (Lipinski definition) is 2. The summed E-state index contributed by atoms with van der Waals surface area (Å²) >= 11 is 0. The van der Waals surface area contributed by atoms with Gasteiger partial charge in [-0.1, -0.05) is 13.8 Å². The Labute approximate surface area is 77.4 Å². The molecule has 4 N–H and O–H groups in total. The van der Waals surface area contributed by atoms with E-state index in [2.05, 4.69) is 23.9 Å². The molecule has 72 valence electrons. The van der Waals surface area contributed by atoms with Gasteiger partial charge in [-0.2, -0.15) is 10.1 Å². The van der Waals surface area contributed by atoms with Crippen LogP contribution in [0.1, 0.15) is 13.8 Å². The Balaban J connectivity index is 2.83. The van der Waals surface area contributed by atoms with Crippen molar-refractivity contribution in [3.63, 3.8) is 0 Å². The van der Waals surface area contributed by atoms with Gasteiger partial charge in [0.1, 0.15) is 0 Å². The average molecular weight is 181 g/mol. The first-order valence-electron chi connectivity index (χ1n) is 4.21. The van der Waals surface area contributed by atoms with E-state index < -0.39 is 0 Å². The molecule has 0 aliphatic carbocycles. The van der Waals surface area contributed by atoms with Crippen LogP contribution in [0, 0.1) is 5.92 Å². The standard InChI is InChI=1S/C8H15N5/c1-6(2)5-13-7(3-4-11-13)12-8(9)10/h3-4,6H,5H2,1-2H3,(H4,9,10,12). The molecule has 0 saturated heterocycles. The highest BCUT2D eigenvalue weighted by atomic mass is 15.3. The van der Waals surface area contributed by atoms with E-state index in [0.29, 0.717) is 11.7 Å². The summed E-state index contributed by atoms with van der Waals surface area (Å²) in [5.41, 5.74) is 10.5. The Bertz CT molecular complexity index is 295. The molecule has 1 aromatic rings. The molecule has 1 heterocycles. The molecule has 1 rings (SSSR count). The molecule has 0 atom stereocenters. The molecule has 0 radical (unpaired) electrons. The number of aromatic nitrogens is 2. The second-order valence-electron chi connectivity index (χ2n) is 3.30. The number of rotatable bonds is 3. The molecule has 13 heavy (non-hydrogen) atoms. The largest absolute Gasteiger partial charge is 0.370 e. The van der Waals surface area contributed by atoms with Crippen LogP contribution in [0.2, 0.25) is 0 Å². The summed E-state index contributed by atoms with van der Waals surface area (Å²) in [7, 11) is 0. The smallest absolute Gasteiger partial charge is 0.192 e. The molecule has 0 spiro atoms. The molecule has 5 nitrogen and oxygen atoms in total. The first kappa shape index (κ1) is 9.57. The van der Waals surface area contributed by atoms with E-state index in [1.807, 2.05) is 0 Å². The molecule has 0 saturated carbocycles. The third-order valence-corrected chi connectivity index (χ3v) is 1.48. The third kappa shape index (κ3) is 2.77. The Morgan fingerprint density at radius 3 is 2.85 bits per heavy atom. The van der Waals surface area contributed by atoms with E-state index >= 15 is 0 Å². The maximum Gasteiger partial charge on any atom is 0.192 e. The van der Waals surface area contributed by atoms with Gasteiger partial charge in [0, 0.05) is 12.6 Å². The fraction of sp³-hybridized carbons (Fsp3) is 0.500. The van der Waals surface area contributed by atoms with Crippen LogP contribution in [0.25, 0.3) is 0 Å². The van der Waals surface area contributed by atoms with Crippen LogP contribution >= 0.6 is 0 Å². The zero-order valence-electron chi connectivity index (χ0n) is 7.94. The maximum atomic E-state index is 5.27. The van der Waals surface area contributed by atoms with Crippen LogP contribution in [0.5, 0.6) is 0 Å². The minimum atomic E-state index is 0.0607. The van der Waals surface area contributed by atoms with Crippen molar-refractivity contribution >= 4 is 11.8 Å². The van der Waals surface area contributed by atoms with Crippen molar-refractivity contribution < 1.29 is 0 Å². The lowest BCUT2D eigenvalue weighted by Crippen LogP contribution is -2.22. The number of nitrogens with zero attached hydrogens (tertiary/aromatic N) is 3. The van der Waals surface area contributed by atoms with Gasteiger partial charge in [0.05, 0.1) is 6.20 Å². The normalized spacial score (nSPS) is 10.4. The van der Waals surface area contributed by atoms with Crippen molar-refractivity contribution in [3.8, 4) is 0 Å². The van der Waals surface area contributed by atoms with Crippen LogP contribution in [0.15, 0.2) is 17.3 Å². The van der Waals surface area contributed by atoms with Gasteiger partial charge in [0.25, 0.3) is 0 Å². The number of aliphatic imine (C=N–C) groups is 1. The van der Waals surface area contributed by atoms with Crippen LogP contribution in [0.3, 0.4) is 0 Å². The van der Waals surface area contributed by atoms with Crippen molar-refractivity contribution in [3.05, 3.63) is 12.3 Å². The molecule has 0 aliphatic heterocycles. The lowest BCUT2D eigenvalue weighted by molar-refractivity contribution is 0.486. The highest BCUT2D eigenvalue weighted by Crippen LogP contribution is 2.11. The fourth-order valence-electron chi connectivity index (χ4n) is 1.04. The number of nitrogens with two attached hydrogens (primary N) is 2. The van der Waals surface area contributed by atoms with Gasteiger partial charge >= 0.3 is 0 Å². The average Bonchev–Trinajstić information content (AvgIpc) is 2.34. The third-order valence-electron chi connectivity index (χ3n) is 1.48. The van der Waals surface area contributed by atoms with Crippen molar-refractivity contribution in [2.45, 2.75) is 20.4 Å². The second kappa shape index (κ2) is 3.93. The van der Waals surface area contributed by atoms with E-state index in [1.54, 1.807) is 16.9 Å². The molecule has 0 bridgehead atoms. The number of guanidine groups is 1. The minimum absolute atomic E-state index is 0.0607. The Kier molecular flexibility index (Phi) is 2.89. The van der Waals surface area contributed by atoms with Crippen LogP contribution in [-0.2, 0) is 6.54 Å². The zero-order valence-corrected chi connectivity index (χ0v) is 7.94. The van der Waals surface area contributed by atoms with Crippen molar-refractivity contribution in [2.75, 3.05) is 0 Å². The van der Waals surface area contributed by atoms with Gasteiger partial charge in [-0.3, -0.25) is 0 Å². The van der Waals surface area contributed by atoms with Crippen molar-refractivity contribution in [1.29, 1.82) is 0 Å². The van der Waals surface area contributed by atoms with Crippen LogP contribution < -0.4 is 11.5 Å². The Morgan fingerprint density at radius 2 is 2.31 bits per heavy atom. The lowest BCUT2D eigenvalue weighted by Gasteiger charge is -2.06. The highest BCUT2D eigenvalue weighted by Gasteiger charge is 2.02. The zero-order chi connectivity index (χ0) is 9.84. The Morgan fingerprint density at radius 1 is 1.62 bits per heavy atom. The van der Waals surface area contributed by atoms with E-state index in [9.17, 15) is 0 Å². The lowest BCUT2D eigenvalue weighted by atomic mass is 10.2. The van der Waals surface area contributed by atoms with Crippen molar-refractivity contribution in [2.24, 2.45) is 22.4 Å². The second-order valence-corrected chi connectivity index (χ2v) is 3.30. The van der Waals surface area contributed by atoms with Gasteiger partial charge in [0.2, 0.25) is 0 Å². The molecule has 0 fully saturated rings. The monoisotopic (exact) mass is 181 g/mol. The summed E-state index contributed by atoms with van der Waals surface area (Å²) in [6.45, 7) is 5.04. The summed E-state index contributed by atoms with van der Waals surface area (Å²) in [5.74, 6) is 1.28. The van der Waals surface area contributed by atoms with Gasteiger partial charge in [-0.25, -0.2) is 4.68 Å². The molecule has 5 heteroatoms. The molecular weight excluding hydrogens is 166 g/mol. The Hall–Kier alpha value is -1.52. The summed E-state index contributed by atoms with van der Waals surface area (Å²) < 4.78 is 1.78. The molecule has 0 unspecified atom stereocenters. The first-order chi connectivity index (χ1) is 6.09. The minimum Gasteiger partial charge on any atom is -0.370 e. The SMILES string of the molecule is CC(C)Cn1nccc1N=C(N)N. The van der Waals surface area contributed by atoms with Gasteiger partial charge < -0.3 is 11.5 Å². The topological polar surface area (TPSA) is 82.2 Å². The van der Waals surface area contributed by atoms with Gasteiger partial charge in [-0.05, 0) is 5.92 Å². The molecular formula is C8H15N5. The van der Waals surface area contributed by atoms with Crippen LogP contribution in [-0.4, -0.2) is 15.7 Å². The summed E-state index contributed by atoms with van der Waals surface area (Å²) in [4.78, 5) is 3.95. The predicted molar refractivity (Wildman–Crippen MR) is 52.5 cm³/mol. The summed E-state index contributed by atoms with van der Waals surface area (Å²) in [6.07, 6.45) is 1.68. The predicted octanol–water partition coefficient (Wildman–Crippen LogP) is 0.444. The quantitative estimate of drug-likeness (QED) is 0.524. The van der Waals surface area contributed by atoms with Gasteiger partial charge in [0.15, 0.2) is 11.8 Å². The highest BCUT2D eigenvalue weighted by molar-refractivity contribution is 5.78. The van der Waals surface area contributed by atoms with Crippen LogP contribution in [0.4, 0.5) is 5.82 Å². The van der Waals surface area contributed by atoms with Crippen molar-refractivity contribution in [1.82, 2.24) is 9.78 Å². The van der Waals surface area contributed by atoms with E-state index in [4.69, 9.17) is 11.5 Å². The molecule has 1 aromatic heterocycles. The molecule has 0 aromatic carbocycles. The maximum absolute atomic E-state index is 5.27. The van der Waals surface area contributed by atoms with E-state index in [1.165, 1.54) is 0 Å². The fourth-order valence-corrected chi connectivity index (χ4v) is 1.04. The van der Waals surface area contributed by atoms with E-state index in [0.717, 1.165) is 6.54 Å². The number of hydrogen-bond donors (Lipinski definition) is 2. The van der Waals surface area contributed by atoms with Gasteiger partial charge in [-0.15, -0.1) is 0 Å². The summed E-state index contributed by atoms with van der Waals surface area (Å²) in [5, 5.41) is 4.11. The van der Waals surface area contributed by atoms with E-state index in [-0.39, 0.29) is 5.96 Å².